The number of ether oxygens (including phenoxy) is 1. The van der Waals surface area contributed by atoms with Crippen LogP contribution in [0.4, 0.5) is 4.79 Å². The first-order valence-corrected chi connectivity index (χ1v) is 11.0. The fourth-order valence-electron chi connectivity index (χ4n) is 4.08. The predicted octanol–water partition coefficient (Wildman–Crippen LogP) is 4.29. The summed E-state index contributed by atoms with van der Waals surface area (Å²) in [6, 6.07) is 6.76. The van der Waals surface area contributed by atoms with Crippen molar-refractivity contribution in [2.24, 2.45) is 4.99 Å². The number of unbranched alkanes of at least 4 members (excludes halogenated alkanes) is 5. The number of halogens is 1. The van der Waals surface area contributed by atoms with E-state index in [-0.39, 0.29) is 11.9 Å². The second-order valence-electron chi connectivity index (χ2n) is 7.93. The Bertz CT molecular complexity index is 883. The third kappa shape index (κ3) is 3.78. The lowest BCUT2D eigenvalue weighted by atomic mass is 10.1. The van der Waals surface area contributed by atoms with Gasteiger partial charge in [0.15, 0.2) is 18.0 Å². The Morgan fingerprint density at radius 2 is 1.77 bits per heavy atom. The summed E-state index contributed by atoms with van der Waals surface area (Å²) in [5, 5.41) is 0.642. The van der Waals surface area contributed by atoms with E-state index in [9.17, 15) is 9.59 Å². The minimum absolute atomic E-state index is 0.215. The largest absolute Gasteiger partial charge is 0.423 e. The first-order valence-electron chi connectivity index (χ1n) is 10.6. The zero-order valence-electron chi connectivity index (χ0n) is 17.4. The summed E-state index contributed by atoms with van der Waals surface area (Å²) in [5.74, 6) is 0.395. The number of amides is 3. The number of carbonyl (C=O) groups excluding carboxylic acids is 2. The molecule has 3 aliphatic heterocycles. The van der Waals surface area contributed by atoms with Crippen LogP contribution in [0.15, 0.2) is 35.5 Å². The second-order valence-corrected chi connectivity index (χ2v) is 8.37. The van der Waals surface area contributed by atoms with Gasteiger partial charge in [0.05, 0.1) is 6.20 Å². The number of hydrogen-bond acceptors (Lipinski definition) is 5. The number of urea groups is 1. The first-order chi connectivity index (χ1) is 14.5. The number of imide groups is 1. The van der Waals surface area contributed by atoms with Crippen LogP contribution in [0.5, 0.6) is 0 Å². The number of amidine groups is 1. The maximum atomic E-state index is 13.2. The van der Waals surface area contributed by atoms with Gasteiger partial charge in [0.25, 0.3) is 11.9 Å². The Morgan fingerprint density at radius 1 is 1.07 bits per heavy atom. The fourth-order valence-corrected chi connectivity index (χ4v) is 4.21. The average Bonchev–Trinajstić information content (AvgIpc) is 3.30. The van der Waals surface area contributed by atoms with E-state index < -0.39 is 12.2 Å². The molecule has 4 rings (SSSR count). The van der Waals surface area contributed by atoms with Crippen molar-refractivity contribution in [2.45, 2.75) is 57.7 Å². The van der Waals surface area contributed by atoms with Crippen LogP contribution in [0.3, 0.4) is 0 Å². The number of fused-ring (bicyclic) bond motifs is 3. The highest BCUT2D eigenvalue weighted by Gasteiger charge is 2.53. The lowest BCUT2D eigenvalue weighted by molar-refractivity contribution is -0.136. The highest BCUT2D eigenvalue weighted by molar-refractivity contribution is 6.30. The van der Waals surface area contributed by atoms with Gasteiger partial charge in [-0.15, -0.1) is 0 Å². The van der Waals surface area contributed by atoms with Crippen molar-refractivity contribution >= 4 is 35.3 Å². The molecule has 0 spiro atoms. The van der Waals surface area contributed by atoms with Crippen molar-refractivity contribution in [3.63, 3.8) is 0 Å². The summed E-state index contributed by atoms with van der Waals surface area (Å²) >= 11 is 5.97. The Morgan fingerprint density at radius 3 is 2.50 bits per heavy atom. The van der Waals surface area contributed by atoms with Crippen molar-refractivity contribution in [3.8, 4) is 0 Å². The van der Waals surface area contributed by atoms with Crippen molar-refractivity contribution in [3.05, 3.63) is 41.1 Å². The van der Waals surface area contributed by atoms with E-state index in [1.54, 1.807) is 30.3 Å². The molecule has 1 saturated heterocycles. The number of likely N-dealkylation sites (N-methyl/N-ethyl adjacent to an activating group) is 1. The Balaban J connectivity index is 1.46. The maximum Gasteiger partial charge on any atom is 0.328 e. The summed E-state index contributed by atoms with van der Waals surface area (Å²) in [5.41, 5.74) is 0.852. The molecule has 3 amide bonds. The molecule has 0 radical (unpaired) electrons. The first kappa shape index (κ1) is 20.7. The van der Waals surface area contributed by atoms with Gasteiger partial charge in [0.2, 0.25) is 0 Å². The fraction of sp³-hybridized carbons (Fsp3) is 0.500. The smallest absolute Gasteiger partial charge is 0.328 e. The molecule has 0 bridgehead atoms. The van der Waals surface area contributed by atoms with Gasteiger partial charge in [-0.05, 0) is 30.7 Å². The van der Waals surface area contributed by atoms with Gasteiger partial charge >= 0.3 is 6.03 Å². The van der Waals surface area contributed by atoms with Crippen LogP contribution < -0.4 is 0 Å². The SMILES string of the molecule is CCCCCCCCN1C(=O)C2C(N=C3OC(c4ccc(Cl)cc4)=CN32)N(C)C1=O. The van der Waals surface area contributed by atoms with Crippen molar-refractivity contribution in [1.82, 2.24) is 14.7 Å². The highest BCUT2D eigenvalue weighted by atomic mass is 35.5. The Kier molecular flexibility index (Phi) is 5.99. The minimum Gasteiger partial charge on any atom is -0.423 e. The summed E-state index contributed by atoms with van der Waals surface area (Å²) in [4.78, 5) is 35.1. The molecule has 0 saturated carbocycles. The highest BCUT2D eigenvalue weighted by Crippen LogP contribution is 2.35. The molecular formula is C22H27ClN4O3. The molecule has 0 aromatic heterocycles. The number of rotatable bonds is 8. The van der Waals surface area contributed by atoms with E-state index in [0.717, 1.165) is 24.8 Å². The van der Waals surface area contributed by atoms with E-state index in [2.05, 4.69) is 11.9 Å². The van der Waals surface area contributed by atoms with Gasteiger partial charge in [-0.25, -0.2) is 9.79 Å². The average molecular weight is 431 g/mol. The zero-order valence-corrected chi connectivity index (χ0v) is 18.1. The van der Waals surface area contributed by atoms with Gasteiger partial charge in [-0.3, -0.25) is 14.6 Å². The summed E-state index contributed by atoms with van der Waals surface area (Å²) in [6.07, 6.45) is 7.82. The second kappa shape index (κ2) is 8.68. The topological polar surface area (TPSA) is 65.5 Å². The molecule has 8 heteroatoms. The molecule has 7 nitrogen and oxygen atoms in total. The van der Waals surface area contributed by atoms with Gasteiger partial charge in [-0.2, -0.15) is 0 Å². The summed E-state index contributed by atoms with van der Waals surface area (Å²) < 4.78 is 5.89. The number of aliphatic imine (C=N–C) groups is 1. The van der Waals surface area contributed by atoms with Crippen LogP contribution in [0.2, 0.25) is 5.02 Å². The van der Waals surface area contributed by atoms with Gasteiger partial charge in [0.1, 0.15) is 0 Å². The third-order valence-electron chi connectivity index (χ3n) is 5.82. The van der Waals surface area contributed by atoms with Crippen LogP contribution in [-0.2, 0) is 9.53 Å². The standard InChI is InChI=1S/C22H27ClN4O3/c1-3-4-5-6-7-8-13-26-20(28)18-19(25(2)22(26)29)24-21-27(18)14-17(30-21)15-9-11-16(23)12-10-15/h9-12,14,18-19H,3-8,13H2,1-2H3. The molecule has 3 aliphatic rings. The van der Waals surface area contributed by atoms with Crippen molar-refractivity contribution < 1.29 is 14.3 Å². The van der Waals surface area contributed by atoms with Crippen LogP contribution >= 0.6 is 11.6 Å². The summed E-state index contributed by atoms with van der Waals surface area (Å²) in [7, 11) is 1.69. The van der Waals surface area contributed by atoms with Crippen molar-refractivity contribution in [2.75, 3.05) is 13.6 Å². The third-order valence-corrected chi connectivity index (χ3v) is 6.07. The summed E-state index contributed by atoms with van der Waals surface area (Å²) in [6.45, 7) is 2.62. The van der Waals surface area contributed by atoms with Crippen LogP contribution in [0.25, 0.3) is 5.76 Å². The van der Waals surface area contributed by atoms with E-state index in [1.807, 2.05) is 12.1 Å². The molecule has 2 atom stereocenters. The molecule has 0 N–H and O–H groups in total. The molecule has 1 fully saturated rings. The van der Waals surface area contributed by atoms with E-state index in [0.29, 0.717) is 23.3 Å². The molecular weight excluding hydrogens is 404 g/mol. The molecule has 0 aliphatic carbocycles. The normalized spacial score (nSPS) is 22.7. The molecule has 1 aromatic carbocycles. The maximum absolute atomic E-state index is 13.2. The van der Waals surface area contributed by atoms with Gasteiger partial charge < -0.3 is 9.64 Å². The Hall–Kier alpha value is -2.54. The van der Waals surface area contributed by atoms with Gasteiger partial charge in [0, 0.05) is 24.2 Å². The molecule has 160 valence electrons. The Labute approximate surface area is 181 Å². The lowest BCUT2D eigenvalue weighted by Crippen LogP contribution is -2.64. The predicted molar refractivity (Wildman–Crippen MR) is 116 cm³/mol. The molecule has 1 aromatic rings. The monoisotopic (exact) mass is 430 g/mol. The van der Waals surface area contributed by atoms with Crippen molar-refractivity contribution in [1.29, 1.82) is 0 Å². The molecule has 2 unspecified atom stereocenters. The quantitative estimate of drug-likeness (QED) is 0.577. The minimum atomic E-state index is -0.590. The van der Waals surface area contributed by atoms with Gasteiger partial charge in [-0.1, -0.05) is 50.6 Å². The van der Waals surface area contributed by atoms with Crippen LogP contribution in [0, 0.1) is 0 Å². The number of carbonyl (C=O) groups is 2. The van der Waals surface area contributed by atoms with Crippen LogP contribution in [0.1, 0.15) is 51.0 Å². The lowest BCUT2D eigenvalue weighted by Gasteiger charge is -2.39. The van der Waals surface area contributed by atoms with E-state index in [4.69, 9.17) is 16.3 Å². The van der Waals surface area contributed by atoms with E-state index in [1.165, 1.54) is 29.1 Å². The van der Waals surface area contributed by atoms with E-state index >= 15 is 0 Å². The molecule has 3 heterocycles. The number of hydrogen-bond donors (Lipinski definition) is 0. The number of benzene rings is 1. The number of nitrogens with zero attached hydrogens (tertiary/aromatic N) is 4. The zero-order chi connectivity index (χ0) is 21.3. The van der Waals surface area contributed by atoms with Crippen LogP contribution in [-0.4, -0.2) is 58.5 Å². The molecule has 30 heavy (non-hydrogen) atoms.